The molecular weight excluding hydrogens is 224 g/mol. The van der Waals surface area contributed by atoms with Crippen LogP contribution in [-0.2, 0) is 0 Å². The lowest BCUT2D eigenvalue weighted by Crippen LogP contribution is -2.28. The minimum Gasteiger partial charge on any atom is -0.399 e. The number of hydrogen-bond acceptors (Lipinski definition) is 2. The zero-order valence-electron chi connectivity index (χ0n) is 9.32. The number of amides is 1. The van der Waals surface area contributed by atoms with Crippen molar-refractivity contribution in [2.75, 3.05) is 12.3 Å². The van der Waals surface area contributed by atoms with E-state index in [1.165, 1.54) is 12.8 Å². The van der Waals surface area contributed by atoms with E-state index in [0.717, 1.165) is 6.54 Å². The maximum absolute atomic E-state index is 11.7. The van der Waals surface area contributed by atoms with Crippen molar-refractivity contribution in [2.45, 2.75) is 19.8 Å². The molecule has 0 atom stereocenters. The molecule has 2 rings (SSSR count). The summed E-state index contributed by atoms with van der Waals surface area (Å²) in [6.45, 7) is 2.95. The third-order valence-electron chi connectivity index (χ3n) is 2.93. The summed E-state index contributed by atoms with van der Waals surface area (Å²) in [4.78, 5) is 11.7. The van der Waals surface area contributed by atoms with E-state index in [4.69, 9.17) is 5.73 Å². The molecule has 0 aromatic heterocycles. The summed E-state index contributed by atoms with van der Waals surface area (Å²) >= 11 is 0. The maximum Gasteiger partial charge on any atom is 0.251 e. The van der Waals surface area contributed by atoms with Gasteiger partial charge in [-0.1, -0.05) is 13.0 Å². The molecule has 1 aliphatic carbocycles. The zero-order valence-corrected chi connectivity index (χ0v) is 10.1. The molecule has 0 unspecified atom stereocenters. The molecule has 0 aliphatic heterocycles. The van der Waals surface area contributed by atoms with Crippen molar-refractivity contribution in [2.24, 2.45) is 5.41 Å². The van der Waals surface area contributed by atoms with Gasteiger partial charge in [0, 0.05) is 17.8 Å². The molecule has 0 heterocycles. The number of benzene rings is 1. The number of anilines is 1. The van der Waals surface area contributed by atoms with E-state index in [2.05, 4.69) is 12.2 Å². The molecule has 4 heteroatoms. The predicted molar refractivity (Wildman–Crippen MR) is 67.8 cm³/mol. The maximum atomic E-state index is 11.7. The molecule has 1 aromatic rings. The van der Waals surface area contributed by atoms with Gasteiger partial charge in [0.05, 0.1) is 0 Å². The first kappa shape index (κ1) is 12.8. The summed E-state index contributed by atoms with van der Waals surface area (Å²) in [5, 5.41) is 2.93. The quantitative estimate of drug-likeness (QED) is 0.796. The van der Waals surface area contributed by atoms with Crippen molar-refractivity contribution < 1.29 is 4.79 Å². The van der Waals surface area contributed by atoms with Crippen molar-refractivity contribution >= 4 is 24.0 Å². The Labute approximate surface area is 102 Å². The second kappa shape index (κ2) is 4.74. The molecule has 1 amide bonds. The molecule has 3 nitrogen and oxygen atoms in total. The molecule has 1 saturated carbocycles. The van der Waals surface area contributed by atoms with E-state index in [-0.39, 0.29) is 18.3 Å². The fraction of sp³-hybridized carbons (Fsp3) is 0.417. The predicted octanol–water partition coefficient (Wildman–Crippen LogP) is 2.22. The van der Waals surface area contributed by atoms with Crippen LogP contribution in [0.5, 0.6) is 0 Å². The van der Waals surface area contributed by atoms with E-state index < -0.39 is 0 Å². The summed E-state index contributed by atoms with van der Waals surface area (Å²) in [5.41, 5.74) is 7.22. The van der Waals surface area contributed by atoms with Gasteiger partial charge in [0.15, 0.2) is 0 Å². The lowest BCUT2D eigenvalue weighted by atomic mass is 10.1. The number of hydrogen-bond donors (Lipinski definition) is 2. The fourth-order valence-corrected chi connectivity index (χ4v) is 1.47. The minimum atomic E-state index is -0.0320. The molecule has 88 valence electrons. The molecule has 0 saturated heterocycles. The SMILES string of the molecule is CC1(CNC(=O)c2cccc(N)c2)CC1.Cl. The van der Waals surface area contributed by atoms with Gasteiger partial charge in [-0.2, -0.15) is 0 Å². The number of carbonyl (C=O) groups is 1. The zero-order chi connectivity index (χ0) is 10.9. The summed E-state index contributed by atoms with van der Waals surface area (Å²) in [6, 6.07) is 7.05. The first-order valence-corrected chi connectivity index (χ1v) is 5.23. The Hall–Kier alpha value is -1.22. The molecule has 0 spiro atoms. The molecule has 1 aromatic carbocycles. The monoisotopic (exact) mass is 240 g/mol. The molecular formula is C12H17ClN2O. The van der Waals surface area contributed by atoms with E-state index >= 15 is 0 Å². The summed E-state index contributed by atoms with van der Waals surface area (Å²) in [7, 11) is 0. The molecule has 0 bridgehead atoms. The Morgan fingerprint density at radius 3 is 2.75 bits per heavy atom. The number of nitrogen functional groups attached to an aromatic ring is 1. The third kappa shape index (κ3) is 3.14. The number of carbonyl (C=O) groups excluding carboxylic acids is 1. The van der Waals surface area contributed by atoms with Gasteiger partial charge in [-0.3, -0.25) is 4.79 Å². The highest BCUT2D eigenvalue weighted by Crippen LogP contribution is 2.44. The van der Waals surface area contributed by atoms with Crippen LogP contribution in [0.1, 0.15) is 30.1 Å². The van der Waals surface area contributed by atoms with Crippen LogP contribution in [-0.4, -0.2) is 12.5 Å². The smallest absolute Gasteiger partial charge is 0.251 e. The molecule has 16 heavy (non-hydrogen) atoms. The standard InChI is InChI=1S/C12H16N2O.ClH/c1-12(5-6-12)8-14-11(15)9-3-2-4-10(13)7-9;/h2-4,7H,5-6,8,13H2,1H3,(H,14,15);1H. The number of rotatable bonds is 3. The Morgan fingerprint density at radius 2 is 2.19 bits per heavy atom. The Kier molecular flexibility index (Phi) is 3.81. The van der Waals surface area contributed by atoms with E-state index in [1.54, 1.807) is 24.3 Å². The Bertz CT molecular complexity index is 388. The first-order chi connectivity index (χ1) is 7.09. The van der Waals surface area contributed by atoms with Gasteiger partial charge in [-0.05, 0) is 36.5 Å². The van der Waals surface area contributed by atoms with Crippen LogP contribution in [0.15, 0.2) is 24.3 Å². The summed E-state index contributed by atoms with van der Waals surface area (Å²) in [5.74, 6) is -0.0320. The first-order valence-electron chi connectivity index (χ1n) is 5.23. The number of halogens is 1. The van der Waals surface area contributed by atoms with Crippen LogP contribution in [0.2, 0.25) is 0 Å². The van der Waals surface area contributed by atoms with Crippen LogP contribution in [0.3, 0.4) is 0 Å². The van der Waals surface area contributed by atoms with E-state index in [1.807, 2.05) is 0 Å². The summed E-state index contributed by atoms with van der Waals surface area (Å²) in [6.07, 6.45) is 2.43. The Morgan fingerprint density at radius 1 is 1.50 bits per heavy atom. The van der Waals surface area contributed by atoms with Crippen molar-refractivity contribution in [3.05, 3.63) is 29.8 Å². The summed E-state index contributed by atoms with van der Waals surface area (Å²) < 4.78 is 0. The topological polar surface area (TPSA) is 55.1 Å². The van der Waals surface area contributed by atoms with Crippen LogP contribution < -0.4 is 11.1 Å². The van der Waals surface area contributed by atoms with Crippen molar-refractivity contribution in [3.8, 4) is 0 Å². The third-order valence-corrected chi connectivity index (χ3v) is 2.93. The largest absolute Gasteiger partial charge is 0.399 e. The van der Waals surface area contributed by atoms with Gasteiger partial charge >= 0.3 is 0 Å². The highest BCUT2D eigenvalue weighted by Gasteiger charge is 2.37. The lowest BCUT2D eigenvalue weighted by Gasteiger charge is -2.10. The number of nitrogens with one attached hydrogen (secondary N) is 1. The lowest BCUT2D eigenvalue weighted by molar-refractivity contribution is 0.0946. The molecule has 1 aliphatic rings. The van der Waals surface area contributed by atoms with Gasteiger partial charge in [0.1, 0.15) is 0 Å². The van der Waals surface area contributed by atoms with Gasteiger partial charge in [0.2, 0.25) is 0 Å². The molecule has 3 N–H and O–H groups in total. The van der Waals surface area contributed by atoms with Crippen LogP contribution in [0.4, 0.5) is 5.69 Å². The molecule has 1 fully saturated rings. The van der Waals surface area contributed by atoms with Crippen LogP contribution in [0.25, 0.3) is 0 Å². The van der Waals surface area contributed by atoms with Gasteiger partial charge in [0.25, 0.3) is 5.91 Å². The normalized spacial score (nSPS) is 16.1. The van der Waals surface area contributed by atoms with Gasteiger partial charge < -0.3 is 11.1 Å². The van der Waals surface area contributed by atoms with Gasteiger partial charge in [-0.15, -0.1) is 12.4 Å². The average molecular weight is 241 g/mol. The van der Waals surface area contributed by atoms with E-state index in [9.17, 15) is 4.79 Å². The Balaban J connectivity index is 0.00000128. The highest BCUT2D eigenvalue weighted by molar-refractivity contribution is 5.95. The number of nitrogens with two attached hydrogens (primary N) is 1. The van der Waals surface area contributed by atoms with Crippen molar-refractivity contribution in [1.29, 1.82) is 0 Å². The minimum absolute atomic E-state index is 0. The average Bonchev–Trinajstić information content (AvgIpc) is 2.94. The molecule has 0 radical (unpaired) electrons. The second-order valence-corrected chi connectivity index (χ2v) is 4.62. The second-order valence-electron chi connectivity index (χ2n) is 4.62. The van der Waals surface area contributed by atoms with Crippen LogP contribution >= 0.6 is 12.4 Å². The van der Waals surface area contributed by atoms with Gasteiger partial charge in [-0.25, -0.2) is 0 Å². The van der Waals surface area contributed by atoms with Crippen LogP contribution in [0, 0.1) is 5.41 Å². The highest BCUT2D eigenvalue weighted by atomic mass is 35.5. The fourth-order valence-electron chi connectivity index (χ4n) is 1.47. The van der Waals surface area contributed by atoms with E-state index in [0.29, 0.717) is 16.7 Å². The van der Waals surface area contributed by atoms with Crippen molar-refractivity contribution in [1.82, 2.24) is 5.32 Å². The van der Waals surface area contributed by atoms with Crippen molar-refractivity contribution in [3.63, 3.8) is 0 Å².